The fourth-order valence-electron chi connectivity index (χ4n) is 0.740. The zero-order chi connectivity index (χ0) is 8.97. The molecular weight excluding hydrogens is 176 g/mol. The Morgan fingerprint density at radius 2 is 2.42 bits per heavy atom. The van der Waals surface area contributed by atoms with Crippen LogP contribution in [-0.2, 0) is 11.2 Å². The zero-order valence-corrected chi connectivity index (χ0v) is 7.34. The van der Waals surface area contributed by atoms with Crippen LogP contribution in [0.3, 0.4) is 0 Å². The predicted octanol–water partition coefficient (Wildman–Crippen LogP) is 0.826. The van der Waals surface area contributed by atoms with Crippen LogP contribution in [-0.4, -0.2) is 27.3 Å². The Labute approximate surface area is 74.0 Å². The summed E-state index contributed by atoms with van der Waals surface area (Å²) >= 11 is 1.47. The third kappa shape index (κ3) is 2.50. The quantitative estimate of drug-likeness (QED) is 0.556. The molecule has 12 heavy (non-hydrogen) atoms. The first-order chi connectivity index (χ1) is 5.72. The summed E-state index contributed by atoms with van der Waals surface area (Å²) in [6, 6.07) is 1.68. The Bertz CT molecular complexity index is 290. The van der Waals surface area contributed by atoms with Crippen LogP contribution in [0, 0.1) is 0 Å². The van der Waals surface area contributed by atoms with E-state index in [0.717, 1.165) is 5.03 Å². The molecule has 0 aliphatic rings. The number of hydrogen-bond donors (Lipinski definition) is 1. The van der Waals surface area contributed by atoms with E-state index < -0.39 is 5.97 Å². The van der Waals surface area contributed by atoms with Crippen molar-refractivity contribution in [3.63, 3.8) is 0 Å². The van der Waals surface area contributed by atoms with Crippen molar-refractivity contribution in [2.24, 2.45) is 0 Å². The highest BCUT2D eigenvalue weighted by Gasteiger charge is 2.02. The maximum atomic E-state index is 10.3. The highest BCUT2D eigenvalue weighted by molar-refractivity contribution is 7.98. The average molecular weight is 184 g/mol. The van der Waals surface area contributed by atoms with Crippen molar-refractivity contribution < 1.29 is 9.90 Å². The summed E-state index contributed by atoms with van der Waals surface area (Å²) in [6.07, 6.45) is 3.22. The molecular formula is C7H8N2O2S. The standard InChI is InChI=1S/C7H8N2O2S/c1-12-6-2-5(3-7(10)11)8-4-9-6/h2,4H,3H2,1H3,(H,10,11). The van der Waals surface area contributed by atoms with E-state index in [4.69, 9.17) is 5.11 Å². The fraction of sp³-hybridized carbons (Fsp3) is 0.286. The molecule has 0 unspecified atom stereocenters. The summed E-state index contributed by atoms with van der Waals surface area (Å²) in [4.78, 5) is 18.0. The molecule has 1 N–H and O–H groups in total. The van der Waals surface area contributed by atoms with Crippen LogP contribution in [0.15, 0.2) is 17.4 Å². The van der Waals surface area contributed by atoms with E-state index in [-0.39, 0.29) is 6.42 Å². The number of aliphatic carboxylic acids is 1. The van der Waals surface area contributed by atoms with E-state index in [1.165, 1.54) is 18.1 Å². The molecule has 1 rings (SSSR count). The van der Waals surface area contributed by atoms with Gasteiger partial charge < -0.3 is 5.11 Å². The highest BCUT2D eigenvalue weighted by Crippen LogP contribution is 2.10. The third-order valence-corrected chi connectivity index (χ3v) is 1.88. The molecule has 0 saturated carbocycles. The summed E-state index contributed by atoms with van der Waals surface area (Å²) in [5, 5.41) is 9.26. The summed E-state index contributed by atoms with van der Waals surface area (Å²) in [6.45, 7) is 0. The summed E-state index contributed by atoms with van der Waals surface area (Å²) < 4.78 is 0. The lowest BCUT2D eigenvalue weighted by Crippen LogP contribution is -2.02. The third-order valence-electron chi connectivity index (χ3n) is 1.24. The molecule has 0 saturated heterocycles. The van der Waals surface area contributed by atoms with Crippen molar-refractivity contribution in [3.05, 3.63) is 18.1 Å². The molecule has 0 spiro atoms. The first-order valence-electron chi connectivity index (χ1n) is 3.29. The Morgan fingerprint density at radius 1 is 1.67 bits per heavy atom. The summed E-state index contributed by atoms with van der Waals surface area (Å²) in [5.74, 6) is -0.874. The van der Waals surface area contributed by atoms with Gasteiger partial charge in [0.05, 0.1) is 17.1 Å². The smallest absolute Gasteiger partial charge is 0.309 e. The molecule has 64 valence electrons. The van der Waals surface area contributed by atoms with Gasteiger partial charge in [-0.2, -0.15) is 0 Å². The van der Waals surface area contributed by atoms with E-state index in [9.17, 15) is 4.79 Å². The Morgan fingerprint density at radius 3 is 3.00 bits per heavy atom. The van der Waals surface area contributed by atoms with Gasteiger partial charge in [-0.25, -0.2) is 9.97 Å². The van der Waals surface area contributed by atoms with Crippen molar-refractivity contribution >= 4 is 17.7 Å². The van der Waals surface area contributed by atoms with Crippen molar-refractivity contribution in [1.29, 1.82) is 0 Å². The summed E-state index contributed by atoms with van der Waals surface area (Å²) in [5.41, 5.74) is 0.543. The van der Waals surface area contributed by atoms with Crippen LogP contribution in [0.5, 0.6) is 0 Å². The van der Waals surface area contributed by atoms with Gasteiger partial charge in [-0.15, -0.1) is 11.8 Å². The van der Waals surface area contributed by atoms with Gasteiger partial charge in [0.2, 0.25) is 0 Å². The topological polar surface area (TPSA) is 63.1 Å². The van der Waals surface area contributed by atoms with E-state index in [2.05, 4.69) is 9.97 Å². The molecule has 0 amide bonds. The lowest BCUT2D eigenvalue weighted by Gasteiger charge is -1.97. The van der Waals surface area contributed by atoms with Gasteiger partial charge in [0, 0.05) is 0 Å². The van der Waals surface area contributed by atoms with Crippen molar-refractivity contribution in [1.82, 2.24) is 9.97 Å². The molecule has 0 aromatic carbocycles. The van der Waals surface area contributed by atoms with Crippen LogP contribution in [0.1, 0.15) is 5.69 Å². The second-order valence-corrected chi connectivity index (χ2v) is 2.95. The largest absolute Gasteiger partial charge is 0.481 e. The number of carboxylic acids is 1. The van der Waals surface area contributed by atoms with Crippen LogP contribution in [0.4, 0.5) is 0 Å². The van der Waals surface area contributed by atoms with Gasteiger partial charge in [0.1, 0.15) is 6.33 Å². The van der Waals surface area contributed by atoms with Crippen LogP contribution in [0.2, 0.25) is 0 Å². The van der Waals surface area contributed by atoms with E-state index in [0.29, 0.717) is 5.69 Å². The summed E-state index contributed by atoms with van der Waals surface area (Å²) in [7, 11) is 0. The normalized spacial score (nSPS) is 9.75. The minimum absolute atomic E-state index is 0.0456. The minimum Gasteiger partial charge on any atom is -0.481 e. The molecule has 1 aromatic rings. The lowest BCUT2D eigenvalue weighted by molar-refractivity contribution is -0.136. The van der Waals surface area contributed by atoms with Crippen molar-refractivity contribution in [2.75, 3.05) is 6.26 Å². The van der Waals surface area contributed by atoms with E-state index >= 15 is 0 Å². The number of nitrogens with zero attached hydrogens (tertiary/aromatic N) is 2. The predicted molar refractivity (Wildman–Crippen MR) is 45.2 cm³/mol. The Balaban J connectivity index is 2.79. The van der Waals surface area contributed by atoms with Gasteiger partial charge in [0.15, 0.2) is 0 Å². The Hall–Kier alpha value is -1.10. The SMILES string of the molecule is CSc1cc(CC(=O)O)ncn1. The van der Waals surface area contributed by atoms with E-state index in [1.807, 2.05) is 6.26 Å². The number of aromatic nitrogens is 2. The second-order valence-electron chi connectivity index (χ2n) is 2.12. The van der Waals surface area contributed by atoms with Gasteiger partial charge in [-0.05, 0) is 12.3 Å². The number of rotatable bonds is 3. The second kappa shape index (κ2) is 4.06. The molecule has 0 bridgehead atoms. The Kier molecular flexibility index (Phi) is 3.04. The molecule has 5 heteroatoms. The molecule has 0 radical (unpaired) electrons. The number of carboxylic acid groups (broad SMARTS) is 1. The zero-order valence-electron chi connectivity index (χ0n) is 6.52. The lowest BCUT2D eigenvalue weighted by atomic mass is 10.3. The van der Waals surface area contributed by atoms with Crippen molar-refractivity contribution in [3.8, 4) is 0 Å². The maximum Gasteiger partial charge on any atom is 0.309 e. The van der Waals surface area contributed by atoms with Gasteiger partial charge >= 0.3 is 5.97 Å². The first-order valence-corrected chi connectivity index (χ1v) is 4.51. The molecule has 0 aliphatic carbocycles. The monoisotopic (exact) mass is 184 g/mol. The van der Waals surface area contributed by atoms with Gasteiger partial charge in [-0.1, -0.05) is 0 Å². The molecule has 4 nitrogen and oxygen atoms in total. The first kappa shape index (κ1) is 8.99. The van der Waals surface area contributed by atoms with Gasteiger partial charge in [0.25, 0.3) is 0 Å². The van der Waals surface area contributed by atoms with Crippen LogP contribution in [0.25, 0.3) is 0 Å². The molecule has 0 aliphatic heterocycles. The molecule has 0 atom stereocenters. The highest BCUT2D eigenvalue weighted by atomic mass is 32.2. The number of carbonyl (C=O) groups is 1. The van der Waals surface area contributed by atoms with Crippen LogP contribution < -0.4 is 0 Å². The minimum atomic E-state index is -0.874. The number of hydrogen-bond acceptors (Lipinski definition) is 4. The number of thioether (sulfide) groups is 1. The molecule has 0 fully saturated rings. The molecule has 1 aromatic heterocycles. The van der Waals surface area contributed by atoms with Crippen LogP contribution >= 0.6 is 11.8 Å². The average Bonchev–Trinajstić information content (AvgIpc) is 2.03. The van der Waals surface area contributed by atoms with Crippen molar-refractivity contribution in [2.45, 2.75) is 11.4 Å². The van der Waals surface area contributed by atoms with Gasteiger partial charge in [-0.3, -0.25) is 4.79 Å². The van der Waals surface area contributed by atoms with E-state index in [1.54, 1.807) is 6.07 Å². The fourth-order valence-corrected chi connectivity index (χ4v) is 1.15. The maximum absolute atomic E-state index is 10.3. The molecule has 1 heterocycles.